The molecule has 0 unspecified atom stereocenters. The van der Waals surface area contributed by atoms with Crippen LogP contribution < -0.4 is 4.72 Å². The molecule has 2 atom stereocenters. The Hall–Kier alpha value is -2.58. The van der Waals surface area contributed by atoms with E-state index in [0.717, 1.165) is 31.2 Å². The molecule has 30 heavy (non-hydrogen) atoms. The van der Waals surface area contributed by atoms with Gasteiger partial charge < -0.3 is 0 Å². The number of hydrogen-bond donors (Lipinski definition) is 1. The van der Waals surface area contributed by atoms with Gasteiger partial charge in [-0.05, 0) is 48.6 Å². The third kappa shape index (κ3) is 4.02. The lowest BCUT2D eigenvalue weighted by Crippen LogP contribution is -2.30. The summed E-state index contributed by atoms with van der Waals surface area (Å²) in [6.07, 6.45) is 6.71. The fraction of sp³-hybridized carbons (Fsp3) is 0.409. The quantitative estimate of drug-likeness (QED) is 0.715. The zero-order valence-electron chi connectivity index (χ0n) is 16.9. The number of likely N-dealkylation sites (tertiary alicyclic amines) is 1. The molecule has 0 bridgehead atoms. The maximum absolute atomic E-state index is 12.9. The molecule has 7 nitrogen and oxygen atoms in total. The van der Waals surface area contributed by atoms with Crippen molar-refractivity contribution in [1.29, 1.82) is 0 Å². The van der Waals surface area contributed by atoms with Crippen LogP contribution in [0.25, 0.3) is 0 Å². The Labute approximate surface area is 176 Å². The second-order valence-corrected chi connectivity index (χ2v) is 9.78. The number of aryl methyl sites for hydroxylation is 1. The molecule has 2 amide bonds. The lowest BCUT2D eigenvalue weighted by molar-refractivity contribution is -0.140. The van der Waals surface area contributed by atoms with Gasteiger partial charge in [-0.15, -0.1) is 0 Å². The molecule has 4 rings (SSSR count). The van der Waals surface area contributed by atoms with Crippen LogP contribution in [0.5, 0.6) is 0 Å². The highest BCUT2D eigenvalue weighted by Gasteiger charge is 2.47. The third-order valence-electron chi connectivity index (χ3n) is 6.00. The first-order valence-corrected chi connectivity index (χ1v) is 11.7. The van der Waals surface area contributed by atoms with E-state index in [1.54, 1.807) is 49.6 Å². The largest absolute Gasteiger partial charge is 0.278 e. The summed E-state index contributed by atoms with van der Waals surface area (Å²) in [5.74, 6) is -0.657. The zero-order chi connectivity index (χ0) is 21.3. The summed E-state index contributed by atoms with van der Waals surface area (Å²) in [6, 6.07) is 8.59. The van der Waals surface area contributed by atoms with E-state index in [2.05, 4.69) is 9.71 Å². The summed E-state index contributed by atoms with van der Waals surface area (Å²) >= 11 is 0. The minimum absolute atomic E-state index is 0.107. The number of amides is 2. The van der Waals surface area contributed by atoms with Crippen molar-refractivity contribution < 1.29 is 18.0 Å². The van der Waals surface area contributed by atoms with Crippen LogP contribution in [0.3, 0.4) is 0 Å². The molecule has 2 heterocycles. The number of imide groups is 1. The van der Waals surface area contributed by atoms with Gasteiger partial charge in [-0.25, -0.2) is 13.1 Å². The zero-order valence-corrected chi connectivity index (χ0v) is 17.7. The van der Waals surface area contributed by atoms with Crippen LogP contribution in [0.15, 0.2) is 47.6 Å². The summed E-state index contributed by atoms with van der Waals surface area (Å²) < 4.78 is 28.3. The topological polar surface area (TPSA) is 96.4 Å². The standard InChI is InChI=1S/C22H25N3O4S/c1-15-8-9-16(14-25-21(26)18-6-2-3-7-19(18)22(25)27)11-20(15)30(28,29)24-13-17-5-4-10-23-12-17/h4-5,8-12,18-19,24H,2-3,6-7,13-14H2,1H3/t18-,19+. The number of rotatable bonds is 6. The Morgan fingerprint density at radius 1 is 1.07 bits per heavy atom. The Kier molecular flexibility index (Phi) is 5.71. The number of hydrogen-bond acceptors (Lipinski definition) is 5. The minimum Gasteiger partial charge on any atom is -0.278 e. The van der Waals surface area contributed by atoms with Gasteiger partial charge in [0.15, 0.2) is 0 Å². The maximum Gasteiger partial charge on any atom is 0.241 e. The molecular weight excluding hydrogens is 402 g/mol. The smallest absolute Gasteiger partial charge is 0.241 e. The van der Waals surface area contributed by atoms with Crippen molar-refractivity contribution in [1.82, 2.24) is 14.6 Å². The highest BCUT2D eigenvalue weighted by atomic mass is 32.2. The van der Waals surface area contributed by atoms with Crippen molar-refractivity contribution in [3.8, 4) is 0 Å². The minimum atomic E-state index is -3.76. The van der Waals surface area contributed by atoms with Crippen LogP contribution in [0.2, 0.25) is 0 Å². The molecule has 1 aromatic heterocycles. The molecule has 1 N–H and O–H groups in total. The predicted molar refractivity (Wildman–Crippen MR) is 110 cm³/mol. The van der Waals surface area contributed by atoms with Crippen LogP contribution >= 0.6 is 0 Å². The number of sulfonamides is 1. The van der Waals surface area contributed by atoms with Crippen molar-refractivity contribution in [3.63, 3.8) is 0 Å². The molecule has 1 saturated heterocycles. The average Bonchev–Trinajstić information content (AvgIpc) is 2.99. The molecule has 158 valence electrons. The van der Waals surface area contributed by atoms with Crippen molar-refractivity contribution >= 4 is 21.8 Å². The summed E-state index contributed by atoms with van der Waals surface area (Å²) in [6.45, 7) is 1.96. The summed E-state index contributed by atoms with van der Waals surface area (Å²) in [4.78, 5) is 30.9. The van der Waals surface area contributed by atoms with Gasteiger partial charge in [-0.2, -0.15) is 0 Å². The highest BCUT2D eigenvalue weighted by Crippen LogP contribution is 2.38. The second-order valence-electron chi connectivity index (χ2n) is 8.05. The number of nitrogens with one attached hydrogen (secondary N) is 1. The van der Waals surface area contributed by atoms with Crippen molar-refractivity contribution in [2.75, 3.05) is 0 Å². The fourth-order valence-corrected chi connectivity index (χ4v) is 5.67. The number of carbonyl (C=O) groups is 2. The van der Waals surface area contributed by atoms with Crippen molar-refractivity contribution in [2.24, 2.45) is 11.8 Å². The van der Waals surface area contributed by atoms with Crippen molar-refractivity contribution in [2.45, 2.75) is 50.6 Å². The van der Waals surface area contributed by atoms with E-state index in [9.17, 15) is 18.0 Å². The lowest BCUT2D eigenvalue weighted by atomic mass is 9.81. The molecule has 1 aliphatic carbocycles. The first-order valence-electron chi connectivity index (χ1n) is 10.2. The SMILES string of the molecule is Cc1ccc(CN2C(=O)[C@H]3CCCC[C@H]3C2=O)cc1S(=O)(=O)NCc1cccnc1. The van der Waals surface area contributed by atoms with E-state index in [0.29, 0.717) is 11.1 Å². The van der Waals surface area contributed by atoms with E-state index < -0.39 is 10.0 Å². The Bertz CT molecular complexity index is 1050. The first kappa shape index (κ1) is 20.7. The van der Waals surface area contributed by atoms with Gasteiger partial charge in [-0.1, -0.05) is 31.0 Å². The summed E-state index contributed by atoms with van der Waals surface area (Å²) in [5, 5.41) is 0. The molecule has 2 fully saturated rings. The normalized spacial score (nSPS) is 21.7. The maximum atomic E-state index is 12.9. The molecule has 8 heteroatoms. The first-order chi connectivity index (χ1) is 14.4. The number of fused-ring (bicyclic) bond motifs is 1. The van der Waals surface area contributed by atoms with Gasteiger partial charge in [0.2, 0.25) is 21.8 Å². The monoisotopic (exact) mass is 427 g/mol. The van der Waals surface area contributed by atoms with Gasteiger partial charge in [0.25, 0.3) is 0 Å². The van der Waals surface area contributed by atoms with Gasteiger partial charge in [0.1, 0.15) is 0 Å². The van der Waals surface area contributed by atoms with Crippen molar-refractivity contribution in [3.05, 3.63) is 59.4 Å². The number of aromatic nitrogens is 1. The van der Waals surface area contributed by atoms with E-state index >= 15 is 0 Å². The fourth-order valence-electron chi connectivity index (χ4n) is 4.36. The lowest BCUT2D eigenvalue weighted by Gasteiger charge is -2.19. The van der Waals surface area contributed by atoms with Crippen LogP contribution in [-0.2, 0) is 32.7 Å². The van der Waals surface area contributed by atoms with E-state index in [1.807, 2.05) is 0 Å². The molecule has 1 aliphatic heterocycles. The molecule has 1 saturated carbocycles. The molecule has 1 aromatic carbocycles. The molecule has 2 aromatic rings. The molecular formula is C22H25N3O4S. The summed E-state index contributed by atoms with van der Waals surface area (Å²) in [5.41, 5.74) is 1.98. The van der Waals surface area contributed by atoms with E-state index in [4.69, 9.17) is 0 Å². The van der Waals surface area contributed by atoms with E-state index in [-0.39, 0.29) is 41.6 Å². The van der Waals surface area contributed by atoms with Gasteiger partial charge in [0.05, 0.1) is 23.3 Å². The number of carbonyl (C=O) groups excluding carboxylic acids is 2. The number of pyridine rings is 1. The van der Waals surface area contributed by atoms with Crippen LogP contribution in [0.1, 0.15) is 42.4 Å². The number of nitrogens with zero attached hydrogens (tertiary/aromatic N) is 2. The Morgan fingerprint density at radius 2 is 1.77 bits per heavy atom. The van der Waals surface area contributed by atoms with Gasteiger partial charge in [0, 0.05) is 18.9 Å². The van der Waals surface area contributed by atoms with Crippen LogP contribution in [-0.4, -0.2) is 30.1 Å². The van der Waals surface area contributed by atoms with Crippen LogP contribution in [0.4, 0.5) is 0 Å². The second kappa shape index (κ2) is 8.28. The average molecular weight is 428 g/mol. The highest BCUT2D eigenvalue weighted by molar-refractivity contribution is 7.89. The molecule has 2 aliphatic rings. The number of benzene rings is 1. The Balaban J connectivity index is 1.53. The Morgan fingerprint density at radius 3 is 2.40 bits per heavy atom. The third-order valence-corrected chi connectivity index (χ3v) is 7.55. The van der Waals surface area contributed by atoms with Crippen LogP contribution in [0, 0.1) is 18.8 Å². The summed E-state index contributed by atoms with van der Waals surface area (Å²) in [7, 11) is -3.76. The molecule has 0 radical (unpaired) electrons. The van der Waals surface area contributed by atoms with Gasteiger partial charge >= 0.3 is 0 Å². The molecule has 0 spiro atoms. The predicted octanol–water partition coefficient (Wildman–Crippen LogP) is 2.54. The van der Waals surface area contributed by atoms with Gasteiger partial charge in [-0.3, -0.25) is 19.5 Å². The van der Waals surface area contributed by atoms with E-state index in [1.165, 1.54) is 4.90 Å².